The number of amides is 2. The zero-order valence-electron chi connectivity index (χ0n) is 16.4. The first-order valence-electron chi connectivity index (χ1n) is 9.56. The number of furan rings is 1. The van der Waals surface area contributed by atoms with E-state index in [-0.39, 0.29) is 17.2 Å². The Hall–Kier alpha value is -2.56. The quantitative estimate of drug-likeness (QED) is 0.829. The van der Waals surface area contributed by atoms with Gasteiger partial charge in [0.1, 0.15) is 11.5 Å². The Kier molecular flexibility index (Phi) is 5.68. The van der Waals surface area contributed by atoms with E-state index in [4.69, 9.17) is 4.42 Å². The van der Waals surface area contributed by atoms with Crippen molar-refractivity contribution in [1.29, 1.82) is 0 Å². The third-order valence-electron chi connectivity index (χ3n) is 4.87. The summed E-state index contributed by atoms with van der Waals surface area (Å²) < 4.78 is 5.87. The number of carbonyl (C=O) groups is 2. The molecule has 0 bridgehead atoms. The van der Waals surface area contributed by atoms with E-state index in [1.807, 2.05) is 73.0 Å². The van der Waals surface area contributed by atoms with Crippen LogP contribution >= 0.6 is 0 Å². The van der Waals surface area contributed by atoms with Gasteiger partial charge >= 0.3 is 0 Å². The van der Waals surface area contributed by atoms with Crippen LogP contribution in [0.1, 0.15) is 33.0 Å². The van der Waals surface area contributed by atoms with Crippen LogP contribution < -0.4 is 0 Å². The third-order valence-corrected chi connectivity index (χ3v) is 4.87. The molecule has 0 N–H and O–H groups in total. The first-order chi connectivity index (χ1) is 12.8. The lowest BCUT2D eigenvalue weighted by molar-refractivity contribution is -0.144. The first kappa shape index (κ1) is 19.2. The number of aryl methyl sites for hydroxylation is 1. The molecule has 1 saturated heterocycles. The van der Waals surface area contributed by atoms with Gasteiger partial charge in [-0.1, -0.05) is 51.1 Å². The van der Waals surface area contributed by atoms with Crippen molar-refractivity contribution in [3.8, 4) is 11.3 Å². The number of carbonyl (C=O) groups excluding carboxylic acids is 2. The summed E-state index contributed by atoms with van der Waals surface area (Å²) in [4.78, 5) is 28.6. The minimum atomic E-state index is -0.373. The van der Waals surface area contributed by atoms with E-state index >= 15 is 0 Å². The van der Waals surface area contributed by atoms with E-state index in [2.05, 4.69) is 0 Å². The van der Waals surface area contributed by atoms with Crippen LogP contribution in [0.15, 0.2) is 46.9 Å². The average molecular weight is 368 g/mol. The van der Waals surface area contributed by atoms with Crippen LogP contribution in [-0.2, 0) is 16.0 Å². The molecule has 0 unspecified atom stereocenters. The van der Waals surface area contributed by atoms with Crippen LogP contribution in [0.5, 0.6) is 0 Å². The second-order valence-corrected chi connectivity index (χ2v) is 8.05. The fourth-order valence-electron chi connectivity index (χ4n) is 3.29. The van der Waals surface area contributed by atoms with Crippen LogP contribution in [0.25, 0.3) is 11.3 Å². The highest BCUT2D eigenvalue weighted by molar-refractivity contribution is 5.82. The van der Waals surface area contributed by atoms with Crippen LogP contribution in [0.4, 0.5) is 0 Å². The van der Waals surface area contributed by atoms with Crippen molar-refractivity contribution >= 4 is 11.8 Å². The summed E-state index contributed by atoms with van der Waals surface area (Å²) in [6, 6.07) is 13.8. The molecule has 144 valence electrons. The van der Waals surface area contributed by atoms with Crippen molar-refractivity contribution < 1.29 is 14.0 Å². The van der Waals surface area contributed by atoms with Crippen molar-refractivity contribution in [1.82, 2.24) is 9.80 Å². The maximum atomic E-state index is 12.5. The van der Waals surface area contributed by atoms with Gasteiger partial charge in [-0.2, -0.15) is 0 Å². The third kappa shape index (κ3) is 4.79. The first-order valence-corrected chi connectivity index (χ1v) is 9.56. The molecule has 2 aromatic rings. The Morgan fingerprint density at radius 2 is 1.56 bits per heavy atom. The van der Waals surface area contributed by atoms with Gasteiger partial charge in [-0.25, -0.2) is 0 Å². The topological polar surface area (TPSA) is 53.8 Å². The Balaban J connectivity index is 1.48. The number of hydrogen-bond donors (Lipinski definition) is 0. The van der Waals surface area contributed by atoms with Crippen molar-refractivity contribution in [2.24, 2.45) is 5.41 Å². The van der Waals surface area contributed by atoms with Crippen LogP contribution in [-0.4, -0.2) is 47.8 Å². The van der Waals surface area contributed by atoms with E-state index in [9.17, 15) is 9.59 Å². The van der Waals surface area contributed by atoms with Crippen molar-refractivity contribution in [2.45, 2.75) is 33.6 Å². The van der Waals surface area contributed by atoms with Gasteiger partial charge in [-0.3, -0.25) is 9.59 Å². The SMILES string of the molecule is CC(C)(C)C(=O)N1CCN(C(=O)CCc2ccc(-c3ccccc3)o2)CC1. The molecule has 0 spiro atoms. The summed E-state index contributed by atoms with van der Waals surface area (Å²) in [7, 11) is 0. The summed E-state index contributed by atoms with van der Waals surface area (Å²) in [6.45, 7) is 8.23. The van der Waals surface area contributed by atoms with Gasteiger partial charge in [-0.05, 0) is 12.1 Å². The normalized spacial score (nSPS) is 15.1. The maximum absolute atomic E-state index is 12.5. The summed E-state index contributed by atoms with van der Waals surface area (Å²) in [5.41, 5.74) is 0.664. The molecule has 2 amide bonds. The lowest BCUT2D eigenvalue weighted by atomic mass is 9.94. The van der Waals surface area contributed by atoms with Gasteiger partial charge in [-0.15, -0.1) is 0 Å². The minimum absolute atomic E-state index is 0.121. The fraction of sp³-hybridized carbons (Fsp3) is 0.455. The van der Waals surface area contributed by atoms with E-state index in [1.165, 1.54) is 0 Å². The summed E-state index contributed by atoms with van der Waals surface area (Å²) in [6.07, 6.45) is 1.02. The molecule has 5 heteroatoms. The molecule has 5 nitrogen and oxygen atoms in total. The van der Waals surface area contributed by atoms with Gasteiger partial charge in [0.05, 0.1) is 0 Å². The van der Waals surface area contributed by atoms with E-state index < -0.39 is 0 Å². The van der Waals surface area contributed by atoms with Gasteiger partial charge in [0.15, 0.2) is 0 Å². The molecule has 0 atom stereocenters. The Morgan fingerprint density at radius 3 is 2.19 bits per heavy atom. The summed E-state index contributed by atoms with van der Waals surface area (Å²) in [5, 5.41) is 0. The second-order valence-electron chi connectivity index (χ2n) is 8.05. The molecule has 1 aliphatic heterocycles. The molecule has 1 aliphatic rings. The Bertz CT molecular complexity index is 781. The number of nitrogens with zero attached hydrogens (tertiary/aromatic N) is 2. The molecule has 1 aromatic carbocycles. The Labute approximate surface area is 160 Å². The largest absolute Gasteiger partial charge is 0.461 e. The maximum Gasteiger partial charge on any atom is 0.228 e. The van der Waals surface area contributed by atoms with Crippen molar-refractivity contribution in [2.75, 3.05) is 26.2 Å². The summed E-state index contributed by atoms with van der Waals surface area (Å²) >= 11 is 0. The lowest BCUT2D eigenvalue weighted by Gasteiger charge is -2.37. The molecule has 0 radical (unpaired) electrons. The number of hydrogen-bond acceptors (Lipinski definition) is 3. The summed E-state index contributed by atoms with van der Waals surface area (Å²) in [5.74, 6) is 1.92. The van der Waals surface area contributed by atoms with Crippen LogP contribution in [0.3, 0.4) is 0 Å². The lowest BCUT2D eigenvalue weighted by Crippen LogP contribution is -2.53. The molecular formula is C22H28N2O3. The van der Waals surface area contributed by atoms with Gasteiger partial charge < -0.3 is 14.2 Å². The van der Waals surface area contributed by atoms with Gasteiger partial charge in [0.25, 0.3) is 0 Å². The minimum Gasteiger partial charge on any atom is -0.461 e. The zero-order chi connectivity index (χ0) is 19.4. The molecule has 3 rings (SSSR count). The van der Waals surface area contributed by atoms with E-state index in [0.29, 0.717) is 39.0 Å². The monoisotopic (exact) mass is 368 g/mol. The molecule has 0 aliphatic carbocycles. The van der Waals surface area contributed by atoms with Gasteiger partial charge in [0.2, 0.25) is 11.8 Å². The molecule has 1 aromatic heterocycles. The predicted molar refractivity (Wildman–Crippen MR) is 105 cm³/mol. The van der Waals surface area contributed by atoms with Gasteiger partial charge in [0, 0.05) is 50.0 Å². The van der Waals surface area contributed by atoms with Crippen LogP contribution in [0.2, 0.25) is 0 Å². The predicted octanol–water partition coefficient (Wildman–Crippen LogP) is 3.60. The zero-order valence-corrected chi connectivity index (χ0v) is 16.4. The average Bonchev–Trinajstić information content (AvgIpc) is 3.15. The van der Waals surface area contributed by atoms with Crippen molar-refractivity contribution in [3.63, 3.8) is 0 Å². The molecule has 2 heterocycles. The fourth-order valence-corrected chi connectivity index (χ4v) is 3.29. The molecule has 1 fully saturated rings. The highest BCUT2D eigenvalue weighted by Crippen LogP contribution is 2.23. The molecular weight excluding hydrogens is 340 g/mol. The smallest absolute Gasteiger partial charge is 0.228 e. The Morgan fingerprint density at radius 1 is 0.926 bits per heavy atom. The van der Waals surface area contributed by atoms with E-state index in [0.717, 1.165) is 17.1 Å². The molecule has 27 heavy (non-hydrogen) atoms. The van der Waals surface area contributed by atoms with Crippen LogP contribution in [0, 0.1) is 5.41 Å². The van der Waals surface area contributed by atoms with E-state index in [1.54, 1.807) is 0 Å². The molecule has 0 saturated carbocycles. The van der Waals surface area contributed by atoms with Crippen molar-refractivity contribution in [3.05, 3.63) is 48.2 Å². The standard InChI is InChI=1S/C22H28N2O3/c1-22(2,3)21(26)24-15-13-23(14-16-24)20(25)12-10-18-9-11-19(27-18)17-7-5-4-6-8-17/h4-9,11H,10,12-16H2,1-3H3. The number of piperazine rings is 1. The highest BCUT2D eigenvalue weighted by Gasteiger charge is 2.30. The second kappa shape index (κ2) is 7.99. The number of rotatable bonds is 4. The number of benzene rings is 1. The highest BCUT2D eigenvalue weighted by atomic mass is 16.3.